The Morgan fingerprint density at radius 3 is 2.67 bits per heavy atom. The van der Waals surface area contributed by atoms with Crippen LogP contribution in [-0.2, 0) is 0 Å². The molecule has 0 spiro atoms. The number of carbonyl (C=O) groups is 1. The number of amides is 1. The van der Waals surface area contributed by atoms with Crippen molar-refractivity contribution in [3.63, 3.8) is 0 Å². The average molecular weight is 289 g/mol. The lowest BCUT2D eigenvalue weighted by Gasteiger charge is -2.07. The van der Waals surface area contributed by atoms with Crippen LogP contribution in [-0.4, -0.2) is 23.6 Å². The zero-order valence-electron chi connectivity index (χ0n) is 11.4. The number of nitrogens with zero attached hydrogens (tertiary/aromatic N) is 1. The van der Waals surface area contributed by atoms with Crippen molar-refractivity contribution in [3.05, 3.63) is 47.9 Å². The number of hydrogen-bond acceptors (Lipinski definition) is 5. The molecule has 0 bridgehead atoms. The molecule has 1 aromatic carbocycles. The van der Waals surface area contributed by atoms with E-state index in [1.54, 1.807) is 37.3 Å². The standard InChI is InChI=1S/C14H15N3O4/c1-9-12(6-7-20-9)14(18)16-10-2-4-11(5-3-10)21-8-13(15)17-19/h2-7,19H,8H2,1H3,(H2,15,17)(H,16,18). The predicted octanol–water partition coefficient (Wildman–Crippen LogP) is 1.97. The minimum Gasteiger partial charge on any atom is -0.486 e. The Morgan fingerprint density at radius 1 is 1.38 bits per heavy atom. The molecule has 0 aliphatic rings. The van der Waals surface area contributed by atoms with Gasteiger partial charge in [-0.15, -0.1) is 0 Å². The first-order valence-corrected chi connectivity index (χ1v) is 6.15. The van der Waals surface area contributed by atoms with Crippen molar-refractivity contribution in [1.82, 2.24) is 0 Å². The first kappa shape index (κ1) is 14.4. The highest BCUT2D eigenvalue weighted by molar-refractivity contribution is 6.04. The summed E-state index contributed by atoms with van der Waals surface area (Å²) >= 11 is 0. The summed E-state index contributed by atoms with van der Waals surface area (Å²) in [4.78, 5) is 12.0. The number of ether oxygens (including phenoxy) is 1. The van der Waals surface area contributed by atoms with E-state index in [1.165, 1.54) is 6.26 Å². The smallest absolute Gasteiger partial charge is 0.259 e. The zero-order chi connectivity index (χ0) is 15.2. The van der Waals surface area contributed by atoms with Crippen LogP contribution in [0.5, 0.6) is 5.75 Å². The summed E-state index contributed by atoms with van der Waals surface area (Å²) in [7, 11) is 0. The van der Waals surface area contributed by atoms with Crippen molar-refractivity contribution in [2.75, 3.05) is 11.9 Å². The fourth-order valence-electron chi connectivity index (χ4n) is 1.64. The van der Waals surface area contributed by atoms with Gasteiger partial charge < -0.3 is 25.4 Å². The van der Waals surface area contributed by atoms with Crippen molar-refractivity contribution in [2.24, 2.45) is 10.9 Å². The van der Waals surface area contributed by atoms with Gasteiger partial charge in [0.15, 0.2) is 5.84 Å². The van der Waals surface area contributed by atoms with Crippen LogP contribution in [0.25, 0.3) is 0 Å². The Hall–Kier alpha value is -2.96. The lowest BCUT2D eigenvalue weighted by atomic mass is 10.2. The molecule has 0 saturated carbocycles. The van der Waals surface area contributed by atoms with E-state index < -0.39 is 0 Å². The molecule has 2 aromatic rings. The van der Waals surface area contributed by atoms with Crippen molar-refractivity contribution in [1.29, 1.82) is 0 Å². The van der Waals surface area contributed by atoms with Gasteiger partial charge in [0.25, 0.3) is 5.91 Å². The topological polar surface area (TPSA) is 110 Å². The number of oxime groups is 1. The van der Waals surface area contributed by atoms with E-state index in [0.29, 0.717) is 22.8 Å². The van der Waals surface area contributed by atoms with Crippen LogP contribution in [0, 0.1) is 6.92 Å². The van der Waals surface area contributed by atoms with E-state index in [0.717, 1.165) is 0 Å². The molecule has 7 nitrogen and oxygen atoms in total. The third kappa shape index (κ3) is 3.75. The molecule has 0 fully saturated rings. The number of anilines is 1. The lowest BCUT2D eigenvalue weighted by molar-refractivity contribution is 0.102. The highest BCUT2D eigenvalue weighted by atomic mass is 16.5. The van der Waals surface area contributed by atoms with Crippen LogP contribution < -0.4 is 15.8 Å². The van der Waals surface area contributed by atoms with Crippen LogP contribution in [0.4, 0.5) is 5.69 Å². The quantitative estimate of drug-likeness (QED) is 0.337. The predicted molar refractivity (Wildman–Crippen MR) is 76.7 cm³/mol. The number of furan rings is 1. The van der Waals surface area contributed by atoms with Crippen molar-refractivity contribution in [3.8, 4) is 5.75 Å². The van der Waals surface area contributed by atoms with Crippen molar-refractivity contribution in [2.45, 2.75) is 6.92 Å². The van der Waals surface area contributed by atoms with Gasteiger partial charge in [-0.2, -0.15) is 0 Å². The van der Waals surface area contributed by atoms with E-state index in [2.05, 4.69) is 10.5 Å². The molecular formula is C14H15N3O4. The highest BCUT2D eigenvalue weighted by Crippen LogP contribution is 2.17. The number of rotatable bonds is 5. The monoisotopic (exact) mass is 289 g/mol. The molecule has 1 aromatic heterocycles. The minimum absolute atomic E-state index is 0.0174. The van der Waals surface area contributed by atoms with Gasteiger partial charge in [0, 0.05) is 5.69 Å². The molecule has 21 heavy (non-hydrogen) atoms. The number of nitrogens with two attached hydrogens (primary N) is 1. The van der Waals surface area contributed by atoms with Crippen molar-refractivity contribution < 1.29 is 19.2 Å². The molecule has 0 aliphatic carbocycles. The number of benzene rings is 1. The Labute approximate surface area is 121 Å². The molecule has 0 aliphatic heterocycles. The first-order valence-electron chi connectivity index (χ1n) is 6.15. The fourth-order valence-corrected chi connectivity index (χ4v) is 1.64. The van der Waals surface area contributed by atoms with Crippen LogP contribution in [0.2, 0.25) is 0 Å². The molecule has 0 unspecified atom stereocenters. The van der Waals surface area contributed by atoms with Crippen LogP contribution in [0.3, 0.4) is 0 Å². The van der Waals surface area contributed by atoms with Gasteiger partial charge in [0.05, 0.1) is 11.8 Å². The zero-order valence-corrected chi connectivity index (χ0v) is 11.4. The summed E-state index contributed by atoms with van der Waals surface area (Å²) in [5, 5.41) is 13.9. The second-order valence-corrected chi connectivity index (χ2v) is 4.25. The van der Waals surface area contributed by atoms with Crippen LogP contribution in [0.1, 0.15) is 16.1 Å². The first-order chi connectivity index (χ1) is 10.1. The number of aryl methyl sites for hydroxylation is 1. The van der Waals surface area contributed by atoms with Gasteiger partial charge in [0.1, 0.15) is 18.1 Å². The Kier molecular flexibility index (Phi) is 4.45. The summed E-state index contributed by atoms with van der Waals surface area (Å²) in [5.74, 6) is 0.833. The van der Waals surface area contributed by atoms with E-state index in [1.807, 2.05) is 0 Å². The SMILES string of the molecule is Cc1occc1C(=O)Nc1ccc(OC/C(N)=N/O)cc1. The molecule has 1 amide bonds. The second-order valence-electron chi connectivity index (χ2n) is 4.25. The third-order valence-corrected chi connectivity index (χ3v) is 2.73. The molecule has 0 saturated heterocycles. The Bertz CT molecular complexity index is 646. The summed E-state index contributed by atoms with van der Waals surface area (Å²) in [6.45, 7) is 1.70. The molecule has 0 radical (unpaired) electrons. The largest absolute Gasteiger partial charge is 0.486 e. The molecule has 2 rings (SSSR count). The Balaban J connectivity index is 1.96. The fraction of sp³-hybridized carbons (Fsp3) is 0.143. The minimum atomic E-state index is -0.244. The molecular weight excluding hydrogens is 274 g/mol. The van der Waals surface area contributed by atoms with Gasteiger partial charge in [-0.3, -0.25) is 4.79 Å². The van der Waals surface area contributed by atoms with Crippen LogP contribution in [0.15, 0.2) is 46.2 Å². The van der Waals surface area contributed by atoms with Crippen molar-refractivity contribution >= 4 is 17.4 Å². The van der Waals surface area contributed by atoms with Gasteiger partial charge in [-0.1, -0.05) is 5.16 Å². The molecule has 7 heteroatoms. The van der Waals surface area contributed by atoms with E-state index in [4.69, 9.17) is 20.1 Å². The lowest BCUT2D eigenvalue weighted by Crippen LogP contribution is -2.20. The Morgan fingerprint density at radius 2 is 2.10 bits per heavy atom. The molecule has 110 valence electrons. The van der Waals surface area contributed by atoms with Gasteiger partial charge in [-0.05, 0) is 37.3 Å². The summed E-state index contributed by atoms with van der Waals surface area (Å²) in [6, 6.07) is 8.33. The summed E-state index contributed by atoms with van der Waals surface area (Å²) < 4.78 is 10.3. The number of hydrogen-bond donors (Lipinski definition) is 3. The maximum atomic E-state index is 12.0. The van der Waals surface area contributed by atoms with Crippen LogP contribution >= 0.6 is 0 Å². The number of carbonyl (C=O) groups excluding carboxylic acids is 1. The van der Waals surface area contributed by atoms with Gasteiger partial charge in [0.2, 0.25) is 0 Å². The molecule has 4 N–H and O–H groups in total. The third-order valence-electron chi connectivity index (χ3n) is 2.73. The number of amidine groups is 1. The van der Waals surface area contributed by atoms with Gasteiger partial charge in [-0.25, -0.2) is 0 Å². The number of nitrogens with one attached hydrogen (secondary N) is 1. The van der Waals surface area contributed by atoms with E-state index >= 15 is 0 Å². The summed E-state index contributed by atoms with van der Waals surface area (Å²) in [6.07, 6.45) is 1.47. The maximum absolute atomic E-state index is 12.0. The highest BCUT2D eigenvalue weighted by Gasteiger charge is 2.11. The van der Waals surface area contributed by atoms with Gasteiger partial charge >= 0.3 is 0 Å². The normalized spacial score (nSPS) is 11.2. The second kappa shape index (κ2) is 6.47. The molecule has 0 atom stereocenters. The van der Waals surface area contributed by atoms with E-state index in [9.17, 15) is 4.79 Å². The van der Waals surface area contributed by atoms with E-state index in [-0.39, 0.29) is 18.3 Å². The molecule has 1 heterocycles. The maximum Gasteiger partial charge on any atom is 0.259 e. The average Bonchev–Trinajstić information content (AvgIpc) is 2.92. The summed E-state index contributed by atoms with van der Waals surface area (Å²) in [5.41, 5.74) is 6.40.